The first-order valence-electron chi connectivity index (χ1n) is 9.07. The van der Waals surface area contributed by atoms with E-state index in [1.807, 2.05) is 0 Å². The van der Waals surface area contributed by atoms with E-state index in [1.165, 1.54) is 4.90 Å². The van der Waals surface area contributed by atoms with Gasteiger partial charge in [0, 0.05) is 24.7 Å². The number of fused-ring (bicyclic) bond motifs is 1. The number of halogens is 1. The van der Waals surface area contributed by atoms with E-state index in [2.05, 4.69) is 10.9 Å². The number of nitrogens with zero attached hydrogens (tertiary/aromatic N) is 1. The molecule has 29 heavy (non-hydrogen) atoms. The number of anilines is 1. The molecule has 0 aliphatic carbocycles. The van der Waals surface area contributed by atoms with Crippen LogP contribution in [0.15, 0.2) is 42.5 Å². The average molecular weight is 416 g/mol. The second-order valence-electron chi connectivity index (χ2n) is 6.66. The predicted octanol–water partition coefficient (Wildman–Crippen LogP) is 1.93. The normalized spacial score (nSPS) is 17.8. The van der Waals surface area contributed by atoms with Gasteiger partial charge in [-0.05, 0) is 24.3 Å². The van der Waals surface area contributed by atoms with E-state index in [0.717, 1.165) is 0 Å². The maximum absolute atomic E-state index is 12.4. The number of hydrogen-bond donors (Lipinski definition) is 2. The predicted molar refractivity (Wildman–Crippen MR) is 105 cm³/mol. The van der Waals surface area contributed by atoms with Crippen LogP contribution in [0.25, 0.3) is 0 Å². The SMILES string of the molecule is O=C(NNC(=O)[C@H]1CC(=O)N(c2ccc3c(c2)OCCO3)C1)c1ccccc1Cl. The molecule has 4 rings (SSSR count). The lowest BCUT2D eigenvalue weighted by Crippen LogP contribution is -2.45. The molecule has 2 heterocycles. The van der Waals surface area contributed by atoms with E-state index in [1.54, 1.807) is 42.5 Å². The Bertz CT molecular complexity index is 980. The number of carbonyl (C=O) groups excluding carboxylic acids is 3. The van der Waals surface area contributed by atoms with E-state index in [-0.39, 0.29) is 29.5 Å². The monoisotopic (exact) mass is 415 g/mol. The van der Waals surface area contributed by atoms with Crippen LogP contribution in [0.4, 0.5) is 5.69 Å². The highest BCUT2D eigenvalue weighted by molar-refractivity contribution is 6.33. The minimum atomic E-state index is -0.595. The zero-order valence-corrected chi connectivity index (χ0v) is 16.1. The third-order valence-corrected chi connectivity index (χ3v) is 5.08. The van der Waals surface area contributed by atoms with E-state index in [4.69, 9.17) is 21.1 Å². The van der Waals surface area contributed by atoms with Crippen molar-refractivity contribution in [1.29, 1.82) is 0 Å². The summed E-state index contributed by atoms with van der Waals surface area (Å²) in [5, 5.41) is 0.278. The summed E-state index contributed by atoms with van der Waals surface area (Å²) >= 11 is 5.97. The third-order valence-electron chi connectivity index (χ3n) is 4.75. The van der Waals surface area contributed by atoms with Crippen molar-refractivity contribution >= 4 is 35.0 Å². The van der Waals surface area contributed by atoms with Crippen molar-refractivity contribution in [3.8, 4) is 11.5 Å². The van der Waals surface area contributed by atoms with Gasteiger partial charge in [0.2, 0.25) is 11.8 Å². The van der Waals surface area contributed by atoms with Crippen LogP contribution in [0.2, 0.25) is 5.02 Å². The second-order valence-corrected chi connectivity index (χ2v) is 7.06. The molecule has 3 amide bonds. The molecule has 0 saturated carbocycles. The number of ether oxygens (including phenoxy) is 2. The van der Waals surface area contributed by atoms with Crippen molar-refractivity contribution in [2.24, 2.45) is 5.92 Å². The minimum Gasteiger partial charge on any atom is -0.486 e. The number of benzene rings is 2. The van der Waals surface area contributed by atoms with Gasteiger partial charge in [-0.2, -0.15) is 0 Å². The molecular formula is C20H18ClN3O5. The summed E-state index contributed by atoms with van der Waals surface area (Å²) < 4.78 is 11.0. The lowest BCUT2D eigenvalue weighted by atomic mass is 10.1. The first-order valence-corrected chi connectivity index (χ1v) is 9.45. The molecule has 1 atom stereocenters. The van der Waals surface area contributed by atoms with Crippen molar-refractivity contribution in [1.82, 2.24) is 10.9 Å². The lowest BCUT2D eigenvalue weighted by molar-refractivity contribution is -0.126. The summed E-state index contributed by atoms with van der Waals surface area (Å²) in [4.78, 5) is 38.6. The average Bonchev–Trinajstić information content (AvgIpc) is 3.13. The van der Waals surface area contributed by atoms with E-state index < -0.39 is 17.7 Å². The molecule has 0 spiro atoms. The largest absolute Gasteiger partial charge is 0.486 e. The van der Waals surface area contributed by atoms with Gasteiger partial charge in [0.05, 0.1) is 16.5 Å². The van der Waals surface area contributed by atoms with Gasteiger partial charge in [0.15, 0.2) is 11.5 Å². The molecule has 0 unspecified atom stereocenters. The summed E-state index contributed by atoms with van der Waals surface area (Å²) in [6.45, 7) is 1.13. The van der Waals surface area contributed by atoms with Gasteiger partial charge in [-0.25, -0.2) is 0 Å². The molecule has 0 aromatic heterocycles. The lowest BCUT2D eigenvalue weighted by Gasteiger charge is -2.22. The summed E-state index contributed by atoms with van der Waals surface area (Å²) in [7, 11) is 0. The quantitative estimate of drug-likeness (QED) is 0.746. The van der Waals surface area contributed by atoms with Crippen LogP contribution < -0.4 is 25.2 Å². The van der Waals surface area contributed by atoms with Gasteiger partial charge in [0.25, 0.3) is 5.91 Å². The van der Waals surface area contributed by atoms with Crippen molar-refractivity contribution in [2.75, 3.05) is 24.7 Å². The molecule has 1 saturated heterocycles. The number of nitrogens with one attached hydrogen (secondary N) is 2. The van der Waals surface area contributed by atoms with Crippen molar-refractivity contribution < 1.29 is 23.9 Å². The summed E-state index contributed by atoms with van der Waals surface area (Å²) in [6.07, 6.45) is 0.0439. The van der Waals surface area contributed by atoms with E-state index in [9.17, 15) is 14.4 Å². The Balaban J connectivity index is 1.38. The fraction of sp³-hybridized carbons (Fsp3) is 0.250. The van der Waals surface area contributed by atoms with Gasteiger partial charge < -0.3 is 14.4 Å². The van der Waals surface area contributed by atoms with Gasteiger partial charge in [-0.3, -0.25) is 25.2 Å². The Hall–Kier alpha value is -3.26. The summed E-state index contributed by atoms with van der Waals surface area (Å²) in [5.74, 6) is -0.554. The van der Waals surface area contributed by atoms with Crippen LogP contribution in [0.3, 0.4) is 0 Å². The molecule has 0 bridgehead atoms. The van der Waals surface area contributed by atoms with Gasteiger partial charge in [-0.15, -0.1) is 0 Å². The molecule has 2 aromatic rings. The van der Waals surface area contributed by atoms with Crippen LogP contribution in [0.1, 0.15) is 16.8 Å². The molecule has 2 N–H and O–H groups in total. The molecule has 0 radical (unpaired) electrons. The molecule has 1 fully saturated rings. The van der Waals surface area contributed by atoms with Crippen molar-refractivity contribution in [2.45, 2.75) is 6.42 Å². The van der Waals surface area contributed by atoms with Crippen LogP contribution >= 0.6 is 11.6 Å². The van der Waals surface area contributed by atoms with Gasteiger partial charge in [-0.1, -0.05) is 23.7 Å². The Morgan fingerprint density at radius 2 is 1.79 bits per heavy atom. The topological polar surface area (TPSA) is 97.0 Å². The maximum Gasteiger partial charge on any atom is 0.271 e. The Morgan fingerprint density at radius 1 is 1.03 bits per heavy atom. The molecule has 2 aliphatic heterocycles. The number of hydrazine groups is 1. The smallest absolute Gasteiger partial charge is 0.271 e. The fourth-order valence-corrected chi connectivity index (χ4v) is 3.49. The first-order chi connectivity index (χ1) is 14.0. The standard InChI is InChI=1S/C20H18ClN3O5/c21-15-4-2-1-3-14(15)20(27)23-22-19(26)12-9-18(25)24(11-12)13-5-6-16-17(10-13)29-8-7-28-16/h1-6,10,12H,7-9,11H2,(H,22,26)(H,23,27)/t12-/m0/s1. The van der Waals surface area contributed by atoms with Gasteiger partial charge >= 0.3 is 0 Å². The third kappa shape index (κ3) is 3.97. The second kappa shape index (κ2) is 8.00. The first kappa shape index (κ1) is 19.1. The van der Waals surface area contributed by atoms with Gasteiger partial charge in [0.1, 0.15) is 13.2 Å². The molecule has 2 aromatic carbocycles. The maximum atomic E-state index is 12.4. The molecule has 150 valence electrons. The summed E-state index contributed by atoms with van der Waals surface area (Å²) in [6, 6.07) is 11.7. The number of hydrogen-bond acceptors (Lipinski definition) is 5. The van der Waals surface area contributed by atoms with Crippen LogP contribution in [-0.4, -0.2) is 37.5 Å². The molecule has 9 heteroatoms. The minimum absolute atomic E-state index is 0.0439. The number of amides is 3. The Labute approximate surface area is 171 Å². The zero-order chi connectivity index (χ0) is 20.4. The van der Waals surface area contributed by atoms with Crippen LogP contribution in [-0.2, 0) is 9.59 Å². The zero-order valence-electron chi connectivity index (χ0n) is 15.3. The van der Waals surface area contributed by atoms with Crippen LogP contribution in [0.5, 0.6) is 11.5 Å². The highest BCUT2D eigenvalue weighted by atomic mass is 35.5. The summed E-state index contributed by atoms with van der Waals surface area (Å²) in [5.41, 5.74) is 5.59. The van der Waals surface area contributed by atoms with Crippen molar-refractivity contribution in [3.05, 3.63) is 53.1 Å². The fourth-order valence-electron chi connectivity index (χ4n) is 3.27. The highest BCUT2D eigenvalue weighted by Crippen LogP contribution is 2.35. The number of rotatable bonds is 3. The number of carbonyl (C=O) groups is 3. The molecular weight excluding hydrogens is 398 g/mol. The van der Waals surface area contributed by atoms with Crippen LogP contribution in [0, 0.1) is 5.92 Å². The van der Waals surface area contributed by atoms with E-state index in [0.29, 0.717) is 30.4 Å². The van der Waals surface area contributed by atoms with Crippen molar-refractivity contribution in [3.63, 3.8) is 0 Å². The highest BCUT2D eigenvalue weighted by Gasteiger charge is 2.35. The Morgan fingerprint density at radius 3 is 2.59 bits per heavy atom. The van der Waals surface area contributed by atoms with E-state index >= 15 is 0 Å². The Kier molecular flexibility index (Phi) is 5.26. The molecule has 8 nitrogen and oxygen atoms in total. The molecule has 2 aliphatic rings.